The number of hydrogen-bond acceptors (Lipinski definition) is 3. The highest BCUT2D eigenvalue weighted by molar-refractivity contribution is 5.69. The number of rotatable bonds is 1. The molecule has 2 aromatic rings. The van der Waals surface area contributed by atoms with Gasteiger partial charge in [-0.1, -0.05) is 6.92 Å². The van der Waals surface area contributed by atoms with Crippen molar-refractivity contribution in [1.82, 2.24) is 19.5 Å². The minimum atomic E-state index is 0.856. The minimum Gasteiger partial charge on any atom is -0.318 e. The minimum absolute atomic E-state index is 0.856. The molecule has 0 saturated heterocycles. The first-order chi connectivity index (χ1) is 5.81. The maximum absolute atomic E-state index is 4.34. The van der Waals surface area contributed by atoms with E-state index in [9.17, 15) is 0 Å². The van der Waals surface area contributed by atoms with E-state index in [1.165, 1.54) is 0 Å². The standard InChI is InChI=1S/C8H10N4/c1-3-7-9-4-6-8(11-7)12(2)5-10-6/h4-5H,3H2,1-2H3. The zero-order valence-electron chi connectivity index (χ0n) is 7.15. The lowest BCUT2D eigenvalue weighted by Crippen LogP contribution is -1.95. The molecule has 4 nitrogen and oxygen atoms in total. The van der Waals surface area contributed by atoms with Crippen LogP contribution in [-0.4, -0.2) is 19.5 Å². The summed E-state index contributed by atoms with van der Waals surface area (Å²) in [7, 11) is 1.93. The average molecular weight is 162 g/mol. The molecule has 0 bridgehead atoms. The Balaban J connectivity index is 2.71. The van der Waals surface area contributed by atoms with Gasteiger partial charge in [0.05, 0.1) is 12.5 Å². The molecule has 0 saturated carbocycles. The fraction of sp³-hybridized carbons (Fsp3) is 0.375. The van der Waals surface area contributed by atoms with Crippen LogP contribution in [0.3, 0.4) is 0 Å². The van der Waals surface area contributed by atoms with Crippen LogP contribution in [0, 0.1) is 0 Å². The topological polar surface area (TPSA) is 43.6 Å². The van der Waals surface area contributed by atoms with Gasteiger partial charge in [0, 0.05) is 13.5 Å². The first-order valence-electron chi connectivity index (χ1n) is 3.94. The van der Waals surface area contributed by atoms with Gasteiger partial charge in [0.15, 0.2) is 5.65 Å². The summed E-state index contributed by atoms with van der Waals surface area (Å²) in [4.78, 5) is 12.6. The third kappa shape index (κ3) is 0.958. The number of aryl methyl sites for hydroxylation is 2. The second kappa shape index (κ2) is 2.55. The maximum Gasteiger partial charge on any atom is 0.163 e. The number of hydrogen-bond donors (Lipinski definition) is 0. The van der Waals surface area contributed by atoms with E-state index in [-0.39, 0.29) is 0 Å². The zero-order chi connectivity index (χ0) is 8.55. The van der Waals surface area contributed by atoms with E-state index >= 15 is 0 Å². The van der Waals surface area contributed by atoms with E-state index in [0.29, 0.717) is 0 Å². The SMILES string of the molecule is CCc1ncc2ncn(C)c2n1. The summed E-state index contributed by atoms with van der Waals surface area (Å²) in [5.74, 6) is 0.867. The van der Waals surface area contributed by atoms with E-state index in [2.05, 4.69) is 15.0 Å². The molecule has 0 N–H and O–H groups in total. The molecule has 0 unspecified atom stereocenters. The predicted molar refractivity (Wildman–Crippen MR) is 45.7 cm³/mol. The first-order valence-corrected chi connectivity index (χ1v) is 3.94. The molecule has 2 rings (SSSR count). The zero-order valence-corrected chi connectivity index (χ0v) is 7.15. The summed E-state index contributed by atoms with van der Waals surface area (Å²) in [5.41, 5.74) is 1.76. The molecule has 0 atom stereocenters. The fourth-order valence-corrected chi connectivity index (χ4v) is 1.13. The molecule has 0 radical (unpaired) electrons. The maximum atomic E-state index is 4.34. The predicted octanol–water partition coefficient (Wildman–Crippen LogP) is 0.926. The van der Waals surface area contributed by atoms with Crippen LogP contribution in [0.4, 0.5) is 0 Å². The molecule has 0 aliphatic carbocycles. The van der Waals surface area contributed by atoms with Crippen molar-refractivity contribution in [3.63, 3.8) is 0 Å². The van der Waals surface area contributed by atoms with Crippen LogP contribution in [0.1, 0.15) is 12.7 Å². The molecule has 0 amide bonds. The van der Waals surface area contributed by atoms with Crippen LogP contribution in [0.25, 0.3) is 11.2 Å². The monoisotopic (exact) mass is 162 g/mol. The van der Waals surface area contributed by atoms with Gasteiger partial charge in [0.2, 0.25) is 0 Å². The van der Waals surface area contributed by atoms with Crippen molar-refractivity contribution >= 4 is 11.2 Å². The van der Waals surface area contributed by atoms with Gasteiger partial charge in [0.1, 0.15) is 11.3 Å². The van der Waals surface area contributed by atoms with Crippen LogP contribution in [-0.2, 0) is 13.5 Å². The normalized spacial score (nSPS) is 10.8. The van der Waals surface area contributed by atoms with Crippen LogP contribution >= 0.6 is 0 Å². The van der Waals surface area contributed by atoms with Gasteiger partial charge in [0.25, 0.3) is 0 Å². The van der Waals surface area contributed by atoms with Crippen LogP contribution in [0.2, 0.25) is 0 Å². The van der Waals surface area contributed by atoms with Gasteiger partial charge in [-0.15, -0.1) is 0 Å². The van der Waals surface area contributed by atoms with Crippen molar-refractivity contribution in [3.8, 4) is 0 Å². The summed E-state index contributed by atoms with van der Waals surface area (Å²) < 4.78 is 1.90. The number of nitrogens with zero attached hydrogens (tertiary/aromatic N) is 4. The van der Waals surface area contributed by atoms with Gasteiger partial charge < -0.3 is 4.57 Å². The molecule has 0 spiro atoms. The van der Waals surface area contributed by atoms with Crippen molar-refractivity contribution < 1.29 is 0 Å². The van der Waals surface area contributed by atoms with Crippen LogP contribution < -0.4 is 0 Å². The largest absolute Gasteiger partial charge is 0.318 e. The highest BCUT2D eigenvalue weighted by atomic mass is 15.1. The third-order valence-corrected chi connectivity index (χ3v) is 1.82. The van der Waals surface area contributed by atoms with Gasteiger partial charge >= 0.3 is 0 Å². The molecule has 0 aliphatic rings. The molecule has 4 heteroatoms. The summed E-state index contributed by atoms with van der Waals surface area (Å²) in [6.45, 7) is 2.04. The van der Waals surface area contributed by atoms with Gasteiger partial charge in [-0.2, -0.15) is 0 Å². The van der Waals surface area contributed by atoms with Gasteiger partial charge in [-0.25, -0.2) is 15.0 Å². The van der Waals surface area contributed by atoms with Crippen LogP contribution in [0.15, 0.2) is 12.5 Å². The molecular formula is C8H10N4. The quantitative estimate of drug-likeness (QED) is 0.626. The smallest absolute Gasteiger partial charge is 0.163 e. The fourth-order valence-electron chi connectivity index (χ4n) is 1.13. The lowest BCUT2D eigenvalue weighted by molar-refractivity contribution is 0.898. The Morgan fingerprint density at radius 2 is 2.25 bits per heavy atom. The number of aromatic nitrogens is 4. The highest BCUT2D eigenvalue weighted by Gasteiger charge is 2.01. The lowest BCUT2D eigenvalue weighted by Gasteiger charge is -1.95. The van der Waals surface area contributed by atoms with E-state index in [4.69, 9.17) is 0 Å². The average Bonchev–Trinajstić information content (AvgIpc) is 2.47. The van der Waals surface area contributed by atoms with Crippen molar-refractivity contribution in [2.75, 3.05) is 0 Å². The van der Waals surface area contributed by atoms with Crippen molar-refractivity contribution in [2.45, 2.75) is 13.3 Å². The molecule has 0 aliphatic heterocycles. The van der Waals surface area contributed by atoms with Crippen molar-refractivity contribution in [3.05, 3.63) is 18.3 Å². The van der Waals surface area contributed by atoms with E-state index in [1.54, 1.807) is 12.5 Å². The van der Waals surface area contributed by atoms with E-state index in [1.807, 2.05) is 18.5 Å². The molecule has 0 fully saturated rings. The van der Waals surface area contributed by atoms with Crippen molar-refractivity contribution in [2.24, 2.45) is 7.05 Å². The Hall–Kier alpha value is -1.45. The van der Waals surface area contributed by atoms with Gasteiger partial charge in [-0.3, -0.25) is 0 Å². The third-order valence-electron chi connectivity index (χ3n) is 1.82. The first kappa shape index (κ1) is 7.21. The second-order valence-corrected chi connectivity index (χ2v) is 2.70. The molecule has 2 heterocycles. The Morgan fingerprint density at radius 3 is 3.00 bits per heavy atom. The molecule has 12 heavy (non-hydrogen) atoms. The Morgan fingerprint density at radius 1 is 1.42 bits per heavy atom. The Kier molecular flexibility index (Phi) is 1.53. The summed E-state index contributed by atoms with van der Waals surface area (Å²) >= 11 is 0. The van der Waals surface area contributed by atoms with Crippen molar-refractivity contribution in [1.29, 1.82) is 0 Å². The molecule has 0 aromatic carbocycles. The Bertz CT molecular complexity index is 404. The summed E-state index contributed by atoms with van der Waals surface area (Å²) in [6, 6.07) is 0. The molecule has 62 valence electrons. The highest BCUT2D eigenvalue weighted by Crippen LogP contribution is 2.06. The Labute approximate surface area is 70.3 Å². The van der Waals surface area contributed by atoms with Gasteiger partial charge in [-0.05, 0) is 0 Å². The van der Waals surface area contributed by atoms with E-state index < -0.39 is 0 Å². The second-order valence-electron chi connectivity index (χ2n) is 2.70. The molecular weight excluding hydrogens is 152 g/mol. The lowest BCUT2D eigenvalue weighted by atomic mass is 10.4. The summed E-state index contributed by atoms with van der Waals surface area (Å²) in [5, 5.41) is 0. The number of fused-ring (bicyclic) bond motifs is 1. The van der Waals surface area contributed by atoms with Crippen LogP contribution in [0.5, 0.6) is 0 Å². The molecule has 2 aromatic heterocycles. The van der Waals surface area contributed by atoms with E-state index in [0.717, 1.165) is 23.4 Å². The summed E-state index contributed by atoms with van der Waals surface area (Å²) in [6.07, 6.45) is 4.38. The number of imidazole rings is 1.